The van der Waals surface area contributed by atoms with Crippen molar-refractivity contribution in [3.63, 3.8) is 0 Å². The first kappa shape index (κ1) is 21.0. The van der Waals surface area contributed by atoms with Crippen LogP contribution in [-0.2, 0) is 6.18 Å². The Morgan fingerprint density at radius 2 is 2.03 bits per heavy atom. The molecule has 1 saturated heterocycles. The first-order valence-corrected chi connectivity index (χ1v) is 9.64. The van der Waals surface area contributed by atoms with E-state index < -0.39 is 11.7 Å². The highest BCUT2D eigenvalue weighted by molar-refractivity contribution is 5.97. The Morgan fingerprint density at radius 3 is 2.69 bits per heavy atom. The van der Waals surface area contributed by atoms with Crippen LogP contribution in [0.4, 0.5) is 19.0 Å². The largest absolute Gasteiger partial charge is 0.493 e. The molecule has 1 amide bonds. The number of alkyl halides is 3. The predicted octanol–water partition coefficient (Wildman–Crippen LogP) is 4.60. The molecular weight excluding hydrogens is 383 g/mol. The number of nitrogens with one attached hydrogen (secondary N) is 1. The van der Waals surface area contributed by atoms with Crippen LogP contribution in [0, 0.1) is 0 Å². The van der Waals surface area contributed by atoms with Gasteiger partial charge in [-0.25, -0.2) is 4.98 Å². The van der Waals surface area contributed by atoms with Gasteiger partial charge in [0.25, 0.3) is 5.91 Å². The van der Waals surface area contributed by atoms with E-state index in [1.165, 1.54) is 6.07 Å². The van der Waals surface area contributed by atoms with Gasteiger partial charge in [0.05, 0.1) is 17.7 Å². The van der Waals surface area contributed by atoms with Gasteiger partial charge < -0.3 is 15.0 Å². The van der Waals surface area contributed by atoms with Gasteiger partial charge in [-0.2, -0.15) is 13.2 Å². The normalized spacial score (nSPS) is 19.7. The average molecular weight is 407 g/mol. The third kappa shape index (κ3) is 4.81. The molecule has 0 saturated carbocycles. The van der Waals surface area contributed by atoms with Gasteiger partial charge in [0.2, 0.25) is 0 Å². The SMILES string of the molecule is CCOc1ccccc1C(=O)N1CCCC(Nc2ccc(C(F)(F)F)cn2)[C@@H]1C. The lowest BCUT2D eigenvalue weighted by Crippen LogP contribution is -2.52. The van der Waals surface area contributed by atoms with Crippen molar-refractivity contribution in [3.05, 3.63) is 53.7 Å². The number of ether oxygens (including phenoxy) is 1. The van der Waals surface area contributed by atoms with Crippen LogP contribution in [0.1, 0.15) is 42.6 Å². The lowest BCUT2D eigenvalue weighted by Gasteiger charge is -2.40. The highest BCUT2D eigenvalue weighted by Crippen LogP contribution is 2.30. The number of carbonyl (C=O) groups excluding carboxylic acids is 1. The third-order valence-corrected chi connectivity index (χ3v) is 5.09. The molecule has 2 aromatic rings. The van der Waals surface area contributed by atoms with E-state index in [4.69, 9.17) is 4.74 Å². The van der Waals surface area contributed by atoms with E-state index in [0.717, 1.165) is 25.1 Å². The van der Waals surface area contributed by atoms with E-state index in [9.17, 15) is 18.0 Å². The monoisotopic (exact) mass is 407 g/mol. The summed E-state index contributed by atoms with van der Waals surface area (Å²) >= 11 is 0. The smallest absolute Gasteiger partial charge is 0.417 e. The number of benzene rings is 1. The van der Waals surface area contributed by atoms with Gasteiger partial charge in [-0.1, -0.05) is 12.1 Å². The van der Waals surface area contributed by atoms with E-state index in [1.54, 1.807) is 23.1 Å². The molecule has 29 heavy (non-hydrogen) atoms. The summed E-state index contributed by atoms with van der Waals surface area (Å²) in [5, 5.41) is 3.18. The Balaban J connectivity index is 1.73. The summed E-state index contributed by atoms with van der Waals surface area (Å²) in [6.45, 7) is 4.87. The van der Waals surface area contributed by atoms with Gasteiger partial charge in [0.15, 0.2) is 0 Å². The fourth-order valence-corrected chi connectivity index (χ4v) is 3.54. The van der Waals surface area contributed by atoms with Crippen molar-refractivity contribution in [3.8, 4) is 5.75 Å². The summed E-state index contributed by atoms with van der Waals surface area (Å²) < 4.78 is 43.7. The molecule has 2 heterocycles. The number of carbonyl (C=O) groups is 1. The minimum atomic E-state index is -4.42. The van der Waals surface area contributed by atoms with Crippen LogP contribution < -0.4 is 10.1 Å². The second-order valence-corrected chi connectivity index (χ2v) is 6.99. The molecular formula is C21H24F3N3O2. The molecule has 1 unspecified atom stereocenters. The molecule has 3 rings (SSSR count). The summed E-state index contributed by atoms with van der Waals surface area (Å²) in [4.78, 5) is 18.8. The van der Waals surface area contributed by atoms with Crippen LogP contribution >= 0.6 is 0 Å². The molecule has 0 spiro atoms. The summed E-state index contributed by atoms with van der Waals surface area (Å²) in [6, 6.07) is 9.19. The third-order valence-electron chi connectivity index (χ3n) is 5.09. The topological polar surface area (TPSA) is 54.5 Å². The molecule has 0 aliphatic carbocycles. The molecule has 1 aromatic heterocycles. The summed E-state index contributed by atoms with van der Waals surface area (Å²) in [7, 11) is 0. The number of nitrogens with zero attached hydrogens (tertiary/aromatic N) is 2. The van der Waals surface area contributed by atoms with E-state index in [0.29, 0.717) is 30.3 Å². The zero-order valence-electron chi connectivity index (χ0n) is 16.4. The van der Waals surface area contributed by atoms with E-state index in [-0.39, 0.29) is 18.0 Å². The number of hydrogen-bond acceptors (Lipinski definition) is 4. The number of likely N-dealkylation sites (tertiary alicyclic amines) is 1. The number of pyridine rings is 1. The van der Waals surface area contributed by atoms with Crippen LogP contribution in [0.25, 0.3) is 0 Å². The Labute approximate surface area is 167 Å². The molecule has 156 valence electrons. The van der Waals surface area contributed by atoms with Gasteiger partial charge in [-0.3, -0.25) is 4.79 Å². The van der Waals surface area contributed by atoms with Crippen molar-refractivity contribution < 1.29 is 22.7 Å². The fraction of sp³-hybridized carbons (Fsp3) is 0.429. The van der Waals surface area contributed by atoms with Gasteiger partial charge in [0, 0.05) is 24.8 Å². The first-order valence-electron chi connectivity index (χ1n) is 9.64. The second kappa shape index (κ2) is 8.71. The molecule has 1 fully saturated rings. The molecule has 0 radical (unpaired) electrons. The summed E-state index contributed by atoms with van der Waals surface area (Å²) in [5.74, 6) is 0.791. The molecule has 1 aliphatic rings. The van der Waals surface area contributed by atoms with Gasteiger partial charge in [-0.05, 0) is 51.0 Å². The number of rotatable bonds is 5. The summed E-state index contributed by atoms with van der Waals surface area (Å²) in [5.41, 5.74) is -0.279. The fourth-order valence-electron chi connectivity index (χ4n) is 3.54. The maximum Gasteiger partial charge on any atom is 0.417 e. The molecule has 8 heteroatoms. The van der Waals surface area contributed by atoms with Crippen molar-refractivity contribution in [1.29, 1.82) is 0 Å². The zero-order valence-corrected chi connectivity index (χ0v) is 16.4. The number of anilines is 1. The second-order valence-electron chi connectivity index (χ2n) is 6.99. The van der Waals surface area contributed by atoms with Crippen molar-refractivity contribution in [2.75, 3.05) is 18.5 Å². The molecule has 0 bridgehead atoms. The Kier molecular flexibility index (Phi) is 6.30. The Hall–Kier alpha value is -2.77. The highest BCUT2D eigenvalue weighted by Gasteiger charge is 2.33. The minimum absolute atomic E-state index is 0.115. The number of halogens is 3. The number of piperidine rings is 1. The lowest BCUT2D eigenvalue weighted by molar-refractivity contribution is -0.137. The van der Waals surface area contributed by atoms with Crippen LogP contribution in [-0.4, -0.2) is 41.0 Å². The van der Waals surface area contributed by atoms with Crippen molar-refractivity contribution >= 4 is 11.7 Å². The van der Waals surface area contributed by atoms with Crippen LogP contribution in [0.5, 0.6) is 5.75 Å². The van der Waals surface area contributed by atoms with Crippen LogP contribution in [0.2, 0.25) is 0 Å². The Morgan fingerprint density at radius 1 is 1.28 bits per heavy atom. The van der Waals surface area contributed by atoms with Crippen LogP contribution in [0.3, 0.4) is 0 Å². The maximum absolute atomic E-state index is 13.1. The number of amides is 1. The van der Waals surface area contributed by atoms with Gasteiger partial charge >= 0.3 is 6.18 Å². The van der Waals surface area contributed by atoms with Crippen LogP contribution in [0.15, 0.2) is 42.6 Å². The first-order chi connectivity index (χ1) is 13.8. The zero-order chi connectivity index (χ0) is 21.0. The van der Waals surface area contributed by atoms with Gasteiger partial charge in [-0.15, -0.1) is 0 Å². The number of para-hydroxylation sites is 1. The molecule has 1 aliphatic heterocycles. The predicted molar refractivity (Wildman–Crippen MR) is 104 cm³/mol. The van der Waals surface area contributed by atoms with Crippen molar-refractivity contribution in [1.82, 2.24) is 9.88 Å². The number of aromatic nitrogens is 1. The maximum atomic E-state index is 13.1. The molecule has 5 nitrogen and oxygen atoms in total. The molecule has 1 aromatic carbocycles. The molecule has 1 N–H and O–H groups in total. The quantitative estimate of drug-likeness (QED) is 0.787. The van der Waals surface area contributed by atoms with E-state index in [1.807, 2.05) is 19.9 Å². The van der Waals surface area contributed by atoms with Crippen molar-refractivity contribution in [2.45, 2.75) is 44.9 Å². The Bertz CT molecular complexity index is 840. The average Bonchev–Trinajstić information content (AvgIpc) is 2.69. The van der Waals surface area contributed by atoms with Crippen molar-refractivity contribution in [2.24, 2.45) is 0 Å². The summed E-state index contributed by atoms with van der Waals surface area (Å²) in [6.07, 6.45) is -2.02. The standard InChI is InChI=1S/C21H24F3N3O2/c1-3-29-18-9-5-4-7-16(18)20(28)27-12-6-8-17(14(27)2)26-19-11-10-15(13-25-19)21(22,23)24/h4-5,7,9-11,13-14,17H,3,6,8,12H2,1-2H3,(H,25,26)/t14-,17?/m0/s1. The minimum Gasteiger partial charge on any atom is -0.493 e. The lowest BCUT2D eigenvalue weighted by atomic mass is 9.96. The van der Waals surface area contributed by atoms with Gasteiger partial charge in [0.1, 0.15) is 11.6 Å². The number of hydrogen-bond donors (Lipinski definition) is 1. The molecule has 2 atom stereocenters. The van der Waals surface area contributed by atoms with E-state index in [2.05, 4.69) is 10.3 Å². The van der Waals surface area contributed by atoms with E-state index >= 15 is 0 Å². The highest BCUT2D eigenvalue weighted by atomic mass is 19.4.